The average Bonchev–Trinajstić information content (AvgIpc) is 2.48. The number of carbonyl (C=O) groups is 1. The monoisotopic (exact) mass is 356 g/mol. The molecule has 1 unspecified atom stereocenters. The molecule has 1 atom stereocenters. The molecule has 9 heteroatoms. The predicted molar refractivity (Wildman–Crippen MR) is 78.8 cm³/mol. The van der Waals surface area contributed by atoms with Gasteiger partial charge in [0, 0.05) is 13.2 Å². The normalized spacial score (nSPS) is 17.3. The third kappa shape index (κ3) is 5.05. The molecule has 23 heavy (non-hydrogen) atoms. The first-order chi connectivity index (χ1) is 10.3. The summed E-state index contributed by atoms with van der Waals surface area (Å²) >= 11 is 0. The molecule has 1 aromatic rings. The number of halogens is 5. The van der Waals surface area contributed by atoms with Gasteiger partial charge in [0.1, 0.15) is 5.82 Å². The lowest BCUT2D eigenvalue weighted by molar-refractivity contribution is -0.137. The molecule has 0 aliphatic carbocycles. The van der Waals surface area contributed by atoms with Gasteiger partial charge in [0.15, 0.2) is 0 Å². The largest absolute Gasteiger partial charge is 0.416 e. The number of carbonyl (C=O) groups excluding carboxylic acids is 1. The predicted octanol–water partition coefficient (Wildman–Crippen LogP) is 2.96. The summed E-state index contributed by atoms with van der Waals surface area (Å²) in [6.07, 6.45) is -3.45. The topological polar surface area (TPSA) is 64.4 Å². The zero-order valence-electron chi connectivity index (χ0n) is 12.0. The zero-order valence-corrected chi connectivity index (χ0v) is 12.8. The molecule has 0 spiro atoms. The van der Waals surface area contributed by atoms with Gasteiger partial charge in [-0.25, -0.2) is 4.39 Å². The zero-order chi connectivity index (χ0) is 16.3. The van der Waals surface area contributed by atoms with Crippen molar-refractivity contribution in [1.82, 2.24) is 0 Å². The first kappa shape index (κ1) is 19.7. The van der Waals surface area contributed by atoms with Crippen molar-refractivity contribution in [3.63, 3.8) is 0 Å². The summed E-state index contributed by atoms with van der Waals surface area (Å²) in [5, 5.41) is 2.14. The van der Waals surface area contributed by atoms with Gasteiger partial charge < -0.3 is 15.8 Å². The van der Waals surface area contributed by atoms with E-state index in [0.29, 0.717) is 44.3 Å². The number of benzene rings is 1. The van der Waals surface area contributed by atoms with Crippen LogP contribution in [0.5, 0.6) is 0 Å². The summed E-state index contributed by atoms with van der Waals surface area (Å²) in [5.74, 6) is -1.78. The average molecular weight is 357 g/mol. The maximum Gasteiger partial charge on any atom is 0.416 e. The molecular weight excluding hydrogens is 340 g/mol. The maximum atomic E-state index is 13.6. The van der Waals surface area contributed by atoms with Crippen LogP contribution in [0.25, 0.3) is 0 Å². The summed E-state index contributed by atoms with van der Waals surface area (Å²) in [5.41, 5.74) is 4.24. The molecule has 1 aromatic carbocycles. The van der Waals surface area contributed by atoms with Crippen LogP contribution in [0.1, 0.15) is 18.4 Å². The van der Waals surface area contributed by atoms with Gasteiger partial charge in [-0.3, -0.25) is 4.79 Å². The lowest BCUT2D eigenvalue weighted by atomic mass is 9.92. The lowest BCUT2D eigenvalue weighted by Crippen LogP contribution is -2.44. The van der Waals surface area contributed by atoms with Crippen LogP contribution < -0.4 is 11.1 Å². The molecule has 1 heterocycles. The molecular formula is C14H17ClF4N2O2. The number of nitrogens with one attached hydrogen (secondary N) is 1. The molecule has 1 aliphatic heterocycles. The van der Waals surface area contributed by atoms with Gasteiger partial charge in [-0.2, -0.15) is 13.2 Å². The first-order valence-electron chi connectivity index (χ1n) is 6.80. The molecule has 4 nitrogen and oxygen atoms in total. The van der Waals surface area contributed by atoms with E-state index in [1.807, 2.05) is 0 Å². The Kier molecular flexibility index (Phi) is 6.79. The van der Waals surface area contributed by atoms with Crippen molar-refractivity contribution in [2.24, 2.45) is 11.7 Å². The third-order valence-electron chi connectivity index (χ3n) is 3.63. The second-order valence-corrected chi connectivity index (χ2v) is 5.16. The Labute approximate surface area is 136 Å². The molecule has 130 valence electrons. The van der Waals surface area contributed by atoms with Crippen LogP contribution in [-0.2, 0) is 15.7 Å². The summed E-state index contributed by atoms with van der Waals surface area (Å²) < 4.78 is 56.6. The molecule has 1 aliphatic rings. The van der Waals surface area contributed by atoms with Crippen LogP contribution in [0.4, 0.5) is 23.2 Å². The molecule has 0 radical (unpaired) electrons. The Morgan fingerprint density at radius 2 is 1.91 bits per heavy atom. The van der Waals surface area contributed by atoms with Crippen molar-refractivity contribution in [2.45, 2.75) is 25.1 Å². The second-order valence-electron chi connectivity index (χ2n) is 5.16. The van der Waals surface area contributed by atoms with Crippen LogP contribution >= 0.6 is 12.4 Å². The molecule has 0 bridgehead atoms. The minimum atomic E-state index is -4.62. The van der Waals surface area contributed by atoms with E-state index in [4.69, 9.17) is 10.5 Å². The number of hydrogen-bond donors (Lipinski definition) is 2. The molecule has 1 amide bonds. The summed E-state index contributed by atoms with van der Waals surface area (Å²) in [6.45, 7) is 0.952. The molecule has 1 saturated heterocycles. The molecule has 0 aromatic heterocycles. The minimum Gasteiger partial charge on any atom is -0.381 e. The van der Waals surface area contributed by atoms with E-state index in [-0.39, 0.29) is 18.3 Å². The van der Waals surface area contributed by atoms with Gasteiger partial charge in [-0.1, -0.05) is 0 Å². The van der Waals surface area contributed by atoms with Gasteiger partial charge >= 0.3 is 6.18 Å². The Balaban J connectivity index is 0.00000264. The fourth-order valence-electron chi connectivity index (χ4n) is 2.30. The van der Waals surface area contributed by atoms with Crippen molar-refractivity contribution >= 4 is 24.0 Å². The highest BCUT2D eigenvalue weighted by atomic mass is 35.5. The van der Waals surface area contributed by atoms with Crippen LogP contribution in [0.3, 0.4) is 0 Å². The van der Waals surface area contributed by atoms with Crippen molar-refractivity contribution in [3.05, 3.63) is 29.6 Å². The fraction of sp³-hybridized carbons (Fsp3) is 0.500. The van der Waals surface area contributed by atoms with Gasteiger partial charge in [0.05, 0.1) is 17.3 Å². The Hall–Kier alpha value is -1.38. The van der Waals surface area contributed by atoms with E-state index < -0.39 is 35.2 Å². The Morgan fingerprint density at radius 3 is 2.48 bits per heavy atom. The van der Waals surface area contributed by atoms with Crippen molar-refractivity contribution < 1.29 is 27.1 Å². The summed E-state index contributed by atoms with van der Waals surface area (Å²) in [6, 6.07) is 0.920. The minimum absolute atomic E-state index is 0. The van der Waals surface area contributed by atoms with E-state index in [1.165, 1.54) is 0 Å². The van der Waals surface area contributed by atoms with Crippen LogP contribution in [0, 0.1) is 11.7 Å². The quantitative estimate of drug-likeness (QED) is 0.818. The van der Waals surface area contributed by atoms with Gasteiger partial charge in [0.2, 0.25) is 5.91 Å². The SMILES string of the molecule is Cl.NC(C(=O)Nc1cc(C(F)(F)F)ccc1F)C1CCOCC1. The number of nitrogens with two attached hydrogens (primary N) is 1. The van der Waals surface area contributed by atoms with E-state index in [1.54, 1.807) is 0 Å². The number of hydrogen-bond acceptors (Lipinski definition) is 3. The highest BCUT2D eigenvalue weighted by molar-refractivity contribution is 5.95. The Bertz CT molecular complexity index is 548. The van der Waals surface area contributed by atoms with E-state index in [0.717, 1.165) is 0 Å². The standard InChI is InChI=1S/C14H16F4N2O2.ClH/c15-10-2-1-9(14(16,17)18)7-11(10)20-13(21)12(19)8-3-5-22-6-4-8;/h1-2,7-8,12H,3-6,19H2,(H,20,21);1H. The number of anilines is 1. The van der Waals surface area contributed by atoms with E-state index >= 15 is 0 Å². The molecule has 1 fully saturated rings. The van der Waals surface area contributed by atoms with Crippen LogP contribution in [-0.4, -0.2) is 25.2 Å². The van der Waals surface area contributed by atoms with Crippen LogP contribution in [0.2, 0.25) is 0 Å². The van der Waals surface area contributed by atoms with E-state index in [2.05, 4.69) is 5.32 Å². The van der Waals surface area contributed by atoms with E-state index in [9.17, 15) is 22.4 Å². The highest BCUT2D eigenvalue weighted by Crippen LogP contribution is 2.32. The highest BCUT2D eigenvalue weighted by Gasteiger charge is 2.32. The first-order valence-corrected chi connectivity index (χ1v) is 6.80. The maximum absolute atomic E-state index is 13.6. The summed E-state index contributed by atoms with van der Waals surface area (Å²) in [4.78, 5) is 12.0. The molecule has 0 saturated carbocycles. The lowest BCUT2D eigenvalue weighted by Gasteiger charge is -2.26. The van der Waals surface area contributed by atoms with Crippen molar-refractivity contribution in [3.8, 4) is 0 Å². The van der Waals surface area contributed by atoms with Gasteiger partial charge in [-0.15, -0.1) is 12.4 Å². The van der Waals surface area contributed by atoms with Crippen LogP contribution in [0.15, 0.2) is 18.2 Å². The summed E-state index contributed by atoms with van der Waals surface area (Å²) in [7, 11) is 0. The fourth-order valence-corrected chi connectivity index (χ4v) is 2.30. The van der Waals surface area contributed by atoms with Gasteiger partial charge in [0.25, 0.3) is 0 Å². The smallest absolute Gasteiger partial charge is 0.381 e. The molecule has 2 rings (SSSR count). The Morgan fingerprint density at radius 1 is 1.30 bits per heavy atom. The second kappa shape index (κ2) is 7.94. The van der Waals surface area contributed by atoms with Crippen molar-refractivity contribution in [2.75, 3.05) is 18.5 Å². The third-order valence-corrected chi connectivity index (χ3v) is 3.63. The van der Waals surface area contributed by atoms with Crippen molar-refractivity contribution in [1.29, 1.82) is 0 Å². The number of amides is 1. The number of rotatable bonds is 3. The number of ether oxygens (including phenoxy) is 1. The number of alkyl halides is 3. The van der Waals surface area contributed by atoms with Gasteiger partial charge in [-0.05, 0) is 37.0 Å². The molecule has 3 N–H and O–H groups in total.